The quantitative estimate of drug-likeness (QED) is 0.0909. The van der Waals surface area contributed by atoms with Gasteiger partial charge in [0.2, 0.25) is 0 Å². The van der Waals surface area contributed by atoms with Crippen LogP contribution in [0.4, 0.5) is 0 Å². The third-order valence-corrected chi connectivity index (χ3v) is 14.4. The van der Waals surface area contributed by atoms with Crippen molar-refractivity contribution in [1.29, 1.82) is 0 Å². The van der Waals surface area contributed by atoms with Crippen LogP contribution in [0.3, 0.4) is 0 Å². The number of methoxy groups -OCH3 is 1. The van der Waals surface area contributed by atoms with Crippen molar-refractivity contribution in [2.75, 3.05) is 82.7 Å². The average molecular weight is 953 g/mol. The first-order valence-corrected chi connectivity index (χ1v) is 23.3. The summed E-state index contributed by atoms with van der Waals surface area (Å²) in [6, 6.07) is 25.8. The van der Waals surface area contributed by atoms with Crippen molar-refractivity contribution >= 4 is 80.2 Å². The maximum Gasteiger partial charge on any atom is 1.00 e. The Morgan fingerprint density at radius 2 is 1.02 bits per heavy atom. The fourth-order valence-electron chi connectivity index (χ4n) is 6.11. The first-order valence-electron chi connectivity index (χ1n) is 20.1. The van der Waals surface area contributed by atoms with Crippen LogP contribution < -0.4 is 34.7 Å². The molecule has 7 nitrogen and oxygen atoms in total. The van der Waals surface area contributed by atoms with Gasteiger partial charge in [0.05, 0.1) is 24.9 Å². The Labute approximate surface area is 405 Å². The number of halogens is 1. The van der Waals surface area contributed by atoms with E-state index in [9.17, 15) is 5.11 Å². The molecule has 3 aromatic heterocycles. The maximum absolute atomic E-state index is 9.68. The second-order valence-electron chi connectivity index (χ2n) is 15.4. The number of rotatable bonds is 14. The normalized spacial score (nSPS) is 13.8. The standard InChI is InChI=1S/C16H23NOS.C15H21NOS.C12H14BrNS.C3H6O.CH3O.CH4.Na/c1-12(18-4)11-14-13-7-5-6-8-15(13)19-16(14)9-10-17(2)3;1-11(17)10-13-12-6-4-5-7-14(12)18-15(13)8-9-16(2)3;1-14(2)8-7-11-12(13)9-5-3-4-6-10(9)15-11;1-3-2-4-3;1-2;;/h5-8,12H,9-11H2,1-4H3;4-7,11,17H,8-10H2,1-3H3;3-6H,7-8H2,1-2H3;3H,2H2,1H3;1H3;1H4;/q;;;;-1;;+1. The van der Waals surface area contributed by atoms with Crippen LogP contribution >= 0.6 is 49.9 Å². The van der Waals surface area contributed by atoms with Crippen molar-refractivity contribution < 1.29 is 49.2 Å². The molecule has 12 heteroatoms. The number of likely N-dealkylation sites (N-methyl/N-ethyl adjacent to an activating group) is 3. The molecule has 0 spiro atoms. The Balaban J connectivity index is 0.000000415. The zero-order valence-electron chi connectivity index (χ0n) is 37.6. The van der Waals surface area contributed by atoms with Crippen molar-refractivity contribution in [2.45, 2.75) is 78.6 Å². The summed E-state index contributed by atoms with van der Waals surface area (Å²) >= 11 is 9.39. The summed E-state index contributed by atoms with van der Waals surface area (Å²) in [5.74, 6) is 0. The number of thiophene rings is 3. The SMILES string of the molecule is C.CC(O)Cc1c(CCN(C)C)sc2ccccc12.CC1CO1.CN(C)CCc1sc2ccccc2c1Br.COC(C)Cc1c(CCN(C)C)sc2ccccc12.C[O-].[Na+]. The molecule has 60 heavy (non-hydrogen) atoms. The van der Waals surface area contributed by atoms with Crippen molar-refractivity contribution in [3.05, 3.63) is 103 Å². The van der Waals surface area contributed by atoms with Crippen LogP contribution in [0, 0.1) is 0 Å². The Kier molecular flexibility index (Phi) is 28.4. The number of hydrogen-bond donors (Lipinski definition) is 1. The van der Waals surface area contributed by atoms with Crippen LogP contribution in [0.25, 0.3) is 30.3 Å². The van der Waals surface area contributed by atoms with E-state index in [4.69, 9.17) is 14.6 Å². The van der Waals surface area contributed by atoms with E-state index in [1.165, 1.54) is 60.5 Å². The first-order chi connectivity index (χ1) is 27.8. The van der Waals surface area contributed by atoms with E-state index >= 15 is 0 Å². The zero-order valence-corrected chi connectivity index (χ0v) is 43.7. The number of benzene rings is 3. The van der Waals surface area contributed by atoms with Gasteiger partial charge in [-0.15, -0.1) is 34.0 Å². The summed E-state index contributed by atoms with van der Waals surface area (Å²) < 4.78 is 15.5. The molecule has 4 heterocycles. The Hall–Kier alpha value is -1.26. The number of ether oxygens (including phenoxy) is 2. The maximum atomic E-state index is 9.68. The molecule has 0 aliphatic carbocycles. The summed E-state index contributed by atoms with van der Waals surface area (Å²) in [5, 5.41) is 22.0. The number of aliphatic hydroxyl groups excluding tert-OH is 1. The number of nitrogens with zero attached hydrogens (tertiary/aromatic N) is 3. The average Bonchev–Trinajstić information content (AvgIpc) is 3.67. The van der Waals surface area contributed by atoms with Gasteiger partial charge in [0.15, 0.2) is 0 Å². The van der Waals surface area contributed by atoms with Gasteiger partial charge in [0.1, 0.15) is 0 Å². The van der Waals surface area contributed by atoms with Crippen LogP contribution in [0.5, 0.6) is 0 Å². The van der Waals surface area contributed by atoms with Gasteiger partial charge in [0, 0.05) is 71.8 Å². The summed E-state index contributed by atoms with van der Waals surface area (Å²) in [4.78, 5) is 11.1. The summed E-state index contributed by atoms with van der Waals surface area (Å²) in [7, 11) is 15.2. The summed E-state index contributed by atoms with van der Waals surface area (Å²) in [6.45, 7) is 10.3. The van der Waals surface area contributed by atoms with Crippen LogP contribution in [0.1, 0.15) is 54.0 Å². The van der Waals surface area contributed by atoms with Gasteiger partial charge < -0.3 is 34.4 Å². The third-order valence-electron chi connectivity index (χ3n) is 9.42. The van der Waals surface area contributed by atoms with Gasteiger partial charge in [-0.3, -0.25) is 0 Å². The van der Waals surface area contributed by atoms with Gasteiger partial charge >= 0.3 is 29.6 Å². The summed E-state index contributed by atoms with van der Waals surface area (Å²) in [6.07, 6.45) is 5.65. The van der Waals surface area contributed by atoms with E-state index < -0.39 is 0 Å². The summed E-state index contributed by atoms with van der Waals surface area (Å²) in [5.41, 5.74) is 2.82. The molecular weight excluding hydrogens is 882 g/mol. The molecule has 1 N–H and O–H groups in total. The van der Waals surface area contributed by atoms with Gasteiger partial charge in [-0.05, 0) is 145 Å². The Bertz CT molecular complexity index is 2060. The molecule has 6 aromatic rings. The van der Waals surface area contributed by atoms with Crippen molar-refractivity contribution in [3.63, 3.8) is 0 Å². The predicted octanol–water partition coefficient (Wildman–Crippen LogP) is 7.30. The van der Waals surface area contributed by atoms with Gasteiger partial charge in [-0.25, -0.2) is 0 Å². The molecule has 7 rings (SSSR count). The molecule has 3 atom stereocenters. The van der Waals surface area contributed by atoms with E-state index in [1.54, 1.807) is 7.11 Å². The van der Waals surface area contributed by atoms with Crippen LogP contribution in [-0.2, 0) is 41.6 Å². The number of epoxide rings is 1. The van der Waals surface area contributed by atoms with E-state index in [1.807, 2.05) is 40.9 Å². The van der Waals surface area contributed by atoms with Gasteiger partial charge in [-0.2, -0.15) is 7.11 Å². The molecule has 0 radical (unpaired) electrons. The molecule has 0 bridgehead atoms. The fraction of sp³-hybridized carbons (Fsp3) is 0.500. The third kappa shape index (κ3) is 19.2. The molecule has 1 aliphatic heterocycles. The molecule has 0 amide bonds. The largest absolute Gasteiger partial charge is 1.00 e. The molecule has 0 saturated carbocycles. The predicted molar refractivity (Wildman–Crippen MR) is 264 cm³/mol. The van der Waals surface area contributed by atoms with Gasteiger partial charge in [0.25, 0.3) is 0 Å². The van der Waals surface area contributed by atoms with Crippen molar-refractivity contribution in [1.82, 2.24) is 14.7 Å². The second kappa shape index (κ2) is 30.0. The van der Waals surface area contributed by atoms with Crippen molar-refractivity contribution in [2.24, 2.45) is 0 Å². The monoisotopic (exact) mass is 951 g/mol. The Morgan fingerprint density at radius 3 is 1.37 bits per heavy atom. The first kappa shape index (κ1) is 56.8. The van der Waals surface area contributed by atoms with E-state index in [2.05, 4.69) is 160 Å². The minimum Gasteiger partial charge on any atom is -0.857 e. The van der Waals surface area contributed by atoms with Crippen LogP contribution in [-0.4, -0.2) is 121 Å². The topological polar surface area (TPSA) is 74.8 Å². The number of hydrogen-bond acceptors (Lipinski definition) is 10. The van der Waals surface area contributed by atoms with E-state index in [0.717, 1.165) is 65.5 Å². The number of fused-ring (bicyclic) bond motifs is 3. The van der Waals surface area contributed by atoms with Crippen LogP contribution in [0.2, 0.25) is 0 Å². The molecular formula is C48H71BrN3NaO4S3. The fourth-order valence-corrected chi connectivity index (χ4v) is 10.6. The van der Waals surface area contributed by atoms with Crippen LogP contribution in [0.15, 0.2) is 77.3 Å². The van der Waals surface area contributed by atoms with Crippen molar-refractivity contribution in [3.8, 4) is 0 Å². The molecule has 1 fully saturated rings. The minimum atomic E-state index is -0.277. The minimum absolute atomic E-state index is 0. The molecule has 1 aliphatic rings. The zero-order chi connectivity index (χ0) is 42.8. The van der Waals surface area contributed by atoms with E-state index in [-0.39, 0.29) is 49.2 Å². The molecule has 328 valence electrons. The molecule has 3 aromatic carbocycles. The number of aliphatic hydroxyl groups is 1. The van der Waals surface area contributed by atoms with E-state index in [0.29, 0.717) is 6.10 Å². The molecule has 3 unspecified atom stereocenters. The molecule has 1 saturated heterocycles. The smallest absolute Gasteiger partial charge is 0.857 e. The van der Waals surface area contributed by atoms with Gasteiger partial charge in [-0.1, -0.05) is 62.0 Å². The second-order valence-corrected chi connectivity index (χ2v) is 19.6. The Morgan fingerprint density at radius 1 is 0.683 bits per heavy atom.